The third kappa shape index (κ3) is 3.76. The van der Waals surface area contributed by atoms with Gasteiger partial charge in [0.05, 0.1) is 7.11 Å². The first-order valence-corrected chi connectivity index (χ1v) is 12.6. The molecular formula is C32H31NO2. The van der Waals surface area contributed by atoms with E-state index < -0.39 is 5.60 Å². The monoisotopic (exact) mass is 461 g/mol. The molecule has 4 aromatic rings. The predicted octanol–water partition coefficient (Wildman–Crippen LogP) is 7.58. The highest BCUT2D eigenvalue weighted by Crippen LogP contribution is 2.48. The van der Waals surface area contributed by atoms with Crippen LogP contribution in [0.3, 0.4) is 0 Å². The zero-order chi connectivity index (χ0) is 23.8. The van der Waals surface area contributed by atoms with Gasteiger partial charge in [-0.2, -0.15) is 0 Å². The zero-order valence-corrected chi connectivity index (χ0v) is 20.5. The molecule has 0 aliphatic carbocycles. The molecule has 2 aliphatic rings. The number of methoxy groups -OCH3 is 1. The van der Waals surface area contributed by atoms with Crippen LogP contribution in [0.4, 0.5) is 5.69 Å². The lowest BCUT2D eigenvalue weighted by Crippen LogP contribution is -2.35. The topological polar surface area (TPSA) is 21.7 Å². The number of fused-ring (bicyclic) bond motifs is 3. The first-order chi connectivity index (χ1) is 17.2. The van der Waals surface area contributed by atoms with Crippen LogP contribution in [0, 0.1) is 0 Å². The fourth-order valence-corrected chi connectivity index (χ4v) is 5.61. The minimum Gasteiger partial charge on any atom is -0.497 e. The summed E-state index contributed by atoms with van der Waals surface area (Å²) in [5, 5.41) is 2.21. The average Bonchev–Trinajstić information content (AvgIpc) is 2.93. The van der Waals surface area contributed by atoms with Crippen LogP contribution in [0.25, 0.3) is 16.3 Å². The van der Waals surface area contributed by atoms with Gasteiger partial charge in [-0.1, -0.05) is 54.6 Å². The number of ether oxygens (including phenoxy) is 2. The van der Waals surface area contributed by atoms with Crippen molar-refractivity contribution in [1.82, 2.24) is 0 Å². The average molecular weight is 462 g/mol. The molecule has 3 heteroatoms. The lowest BCUT2D eigenvalue weighted by Gasteiger charge is -2.38. The highest BCUT2D eigenvalue weighted by Gasteiger charge is 2.39. The lowest BCUT2D eigenvalue weighted by molar-refractivity contribution is 0.162. The number of hydrogen-bond acceptors (Lipinski definition) is 3. The number of anilines is 1. The fourth-order valence-electron chi connectivity index (χ4n) is 5.61. The van der Waals surface area contributed by atoms with E-state index in [2.05, 4.69) is 96.8 Å². The first kappa shape index (κ1) is 21.8. The third-order valence-electron chi connectivity index (χ3n) is 7.51. The molecule has 0 saturated carbocycles. The van der Waals surface area contributed by atoms with E-state index in [1.165, 1.54) is 30.5 Å². The molecule has 1 saturated heterocycles. The van der Waals surface area contributed by atoms with Gasteiger partial charge in [0.25, 0.3) is 0 Å². The molecule has 0 aromatic heterocycles. The van der Waals surface area contributed by atoms with Crippen LogP contribution in [-0.4, -0.2) is 20.2 Å². The van der Waals surface area contributed by atoms with E-state index in [0.717, 1.165) is 52.1 Å². The molecule has 6 rings (SSSR count). The number of nitrogens with zero attached hydrogens (tertiary/aromatic N) is 1. The highest BCUT2D eigenvalue weighted by atomic mass is 16.5. The number of allylic oxidation sites excluding steroid dienone is 1. The molecule has 0 radical (unpaired) electrons. The Bertz CT molecular complexity index is 1380. The van der Waals surface area contributed by atoms with Crippen LogP contribution in [0.1, 0.15) is 42.9 Å². The summed E-state index contributed by atoms with van der Waals surface area (Å²) in [5.41, 5.74) is 5.21. The second-order valence-electron chi connectivity index (χ2n) is 9.65. The summed E-state index contributed by atoms with van der Waals surface area (Å²) in [6.45, 7) is 4.47. The van der Waals surface area contributed by atoms with Crippen LogP contribution in [-0.2, 0) is 5.60 Å². The normalized spacial score (nSPS) is 19.6. The fraction of sp³-hybridized carbons (Fsp3) is 0.250. The number of benzene rings is 4. The van der Waals surface area contributed by atoms with Crippen molar-refractivity contribution in [3.63, 3.8) is 0 Å². The van der Waals surface area contributed by atoms with Crippen LogP contribution in [0.2, 0.25) is 0 Å². The Hall–Kier alpha value is -3.72. The summed E-state index contributed by atoms with van der Waals surface area (Å²) < 4.78 is 12.6. The standard InChI is InChI=1S/C32H31NO2/c1-23-22-32(25-9-5-3-6-10-25,26-12-14-27(15-13-26)33-19-7-4-8-20-33)35-31-29(23)17-11-24-21-28(34-2)16-18-30(24)31/h3,5-6,9-18,21-22H,4,7-8,19-20H2,1-2H3. The number of hydrogen-bond donors (Lipinski definition) is 0. The van der Waals surface area contributed by atoms with E-state index in [1.54, 1.807) is 7.11 Å². The molecule has 0 bridgehead atoms. The first-order valence-electron chi connectivity index (χ1n) is 12.6. The van der Waals surface area contributed by atoms with Crippen molar-refractivity contribution in [3.05, 3.63) is 108 Å². The zero-order valence-electron chi connectivity index (χ0n) is 20.5. The van der Waals surface area contributed by atoms with E-state index in [4.69, 9.17) is 9.47 Å². The second kappa shape index (κ2) is 8.81. The van der Waals surface area contributed by atoms with E-state index in [9.17, 15) is 0 Å². The maximum atomic E-state index is 7.10. The summed E-state index contributed by atoms with van der Waals surface area (Å²) in [6.07, 6.45) is 6.17. The van der Waals surface area contributed by atoms with Crippen LogP contribution in [0.5, 0.6) is 11.5 Å². The summed E-state index contributed by atoms with van der Waals surface area (Å²) in [7, 11) is 1.71. The summed E-state index contributed by atoms with van der Waals surface area (Å²) in [4.78, 5) is 2.50. The molecule has 3 nitrogen and oxygen atoms in total. The molecule has 176 valence electrons. The van der Waals surface area contributed by atoms with Crippen molar-refractivity contribution in [2.45, 2.75) is 31.8 Å². The largest absolute Gasteiger partial charge is 0.497 e. The molecule has 35 heavy (non-hydrogen) atoms. The SMILES string of the molecule is COc1ccc2c3c(ccc2c1)C(C)=CC(c1ccccc1)(c1ccc(N2CCCCC2)cc1)O3. The van der Waals surface area contributed by atoms with E-state index >= 15 is 0 Å². The number of rotatable bonds is 4. The Morgan fingerprint density at radius 3 is 2.29 bits per heavy atom. The lowest BCUT2D eigenvalue weighted by atomic mass is 9.81. The van der Waals surface area contributed by atoms with Crippen molar-refractivity contribution in [3.8, 4) is 11.5 Å². The molecule has 0 amide bonds. The van der Waals surface area contributed by atoms with Crippen molar-refractivity contribution >= 4 is 22.0 Å². The van der Waals surface area contributed by atoms with Gasteiger partial charge in [0, 0.05) is 40.9 Å². The van der Waals surface area contributed by atoms with Gasteiger partial charge in [-0.3, -0.25) is 0 Å². The Kier molecular flexibility index (Phi) is 5.49. The maximum absolute atomic E-state index is 7.10. The van der Waals surface area contributed by atoms with Crippen LogP contribution in [0.15, 0.2) is 91.0 Å². The molecule has 0 spiro atoms. The smallest absolute Gasteiger partial charge is 0.178 e. The van der Waals surface area contributed by atoms with Gasteiger partial charge in [-0.25, -0.2) is 0 Å². The van der Waals surface area contributed by atoms with Crippen molar-refractivity contribution in [2.75, 3.05) is 25.1 Å². The second-order valence-corrected chi connectivity index (χ2v) is 9.65. The van der Waals surface area contributed by atoms with Gasteiger partial charge >= 0.3 is 0 Å². The molecule has 1 fully saturated rings. The quantitative estimate of drug-likeness (QED) is 0.313. The van der Waals surface area contributed by atoms with Gasteiger partial charge in [0.15, 0.2) is 5.60 Å². The van der Waals surface area contributed by atoms with Crippen molar-refractivity contribution in [1.29, 1.82) is 0 Å². The molecule has 1 unspecified atom stereocenters. The molecule has 2 aliphatic heterocycles. The summed E-state index contributed by atoms with van der Waals surface area (Å²) >= 11 is 0. The Morgan fingerprint density at radius 1 is 0.800 bits per heavy atom. The molecule has 2 heterocycles. The molecule has 1 atom stereocenters. The summed E-state index contributed by atoms with van der Waals surface area (Å²) in [5.74, 6) is 1.78. The Morgan fingerprint density at radius 2 is 1.54 bits per heavy atom. The van der Waals surface area contributed by atoms with Gasteiger partial charge in [0.2, 0.25) is 0 Å². The summed E-state index contributed by atoms with van der Waals surface area (Å²) in [6, 6.07) is 30.1. The van der Waals surface area contributed by atoms with Gasteiger partial charge < -0.3 is 14.4 Å². The Labute approximate surface area is 207 Å². The Balaban J connectivity index is 1.50. The molecular weight excluding hydrogens is 430 g/mol. The van der Waals surface area contributed by atoms with Crippen molar-refractivity contribution in [2.24, 2.45) is 0 Å². The van der Waals surface area contributed by atoms with E-state index in [-0.39, 0.29) is 0 Å². The van der Waals surface area contributed by atoms with Gasteiger partial charge in [-0.15, -0.1) is 0 Å². The third-order valence-corrected chi connectivity index (χ3v) is 7.51. The number of piperidine rings is 1. The van der Waals surface area contributed by atoms with Crippen LogP contribution < -0.4 is 14.4 Å². The van der Waals surface area contributed by atoms with Gasteiger partial charge in [-0.05, 0) is 73.6 Å². The maximum Gasteiger partial charge on any atom is 0.178 e. The highest BCUT2D eigenvalue weighted by molar-refractivity contribution is 5.95. The molecule has 0 N–H and O–H groups in total. The van der Waals surface area contributed by atoms with Crippen molar-refractivity contribution < 1.29 is 9.47 Å². The van der Waals surface area contributed by atoms with E-state index in [1.807, 2.05) is 6.07 Å². The predicted molar refractivity (Wildman–Crippen MR) is 145 cm³/mol. The van der Waals surface area contributed by atoms with E-state index in [0.29, 0.717) is 0 Å². The minimum atomic E-state index is -0.701. The minimum absolute atomic E-state index is 0.701. The molecule has 4 aromatic carbocycles. The van der Waals surface area contributed by atoms with Gasteiger partial charge in [0.1, 0.15) is 11.5 Å². The van der Waals surface area contributed by atoms with Crippen LogP contribution >= 0.6 is 0 Å².